The van der Waals surface area contributed by atoms with Crippen LogP contribution in [0.3, 0.4) is 0 Å². The lowest BCUT2D eigenvalue weighted by atomic mass is 10.2. The largest absolute Gasteiger partial charge is 0.466 e. The molecule has 0 aliphatic rings. The minimum Gasteiger partial charge on any atom is -0.466 e. The van der Waals surface area contributed by atoms with Gasteiger partial charge in [0.2, 0.25) is 0 Å². The lowest BCUT2D eigenvalue weighted by Gasteiger charge is -2.01. The van der Waals surface area contributed by atoms with Crippen LogP contribution in [0.1, 0.15) is 11.9 Å². The number of benzene rings is 1. The molecular weight excluding hydrogens is 333 g/mol. The lowest BCUT2D eigenvalue weighted by Crippen LogP contribution is -2.07. The molecular formula is C13H11BrFNO2S. The van der Waals surface area contributed by atoms with Gasteiger partial charge in [-0.3, -0.25) is 4.79 Å². The number of thiazole rings is 1. The first kappa shape index (κ1) is 14.1. The van der Waals surface area contributed by atoms with Crippen molar-refractivity contribution in [1.82, 2.24) is 4.98 Å². The molecule has 1 aromatic heterocycles. The van der Waals surface area contributed by atoms with Gasteiger partial charge in [-0.25, -0.2) is 9.37 Å². The maximum absolute atomic E-state index is 13.0. The van der Waals surface area contributed by atoms with Gasteiger partial charge >= 0.3 is 5.97 Å². The quantitative estimate of drug-likeness (QED) is 0.792. The maximum Gasteiger partial charge on any atom is 0.312 e. The van der Waals surface area contributed by atoms with Crippen molar-refractivity contribution in [3.63, 3.8) is 0 Å². The summed E-state index contributed by atoms with van der Waals surface area (Å²) in [5.74, 6) is -0.598. The molecule has 0 aliphatic heterocycles. The van der Waals surface area contributed by atoms with E-state index in [1.807, 2.05) is 5.38 Å². The van der Waals surface area contributed by atoms with Gasteiger partial charge in [0.15, 0.2) is 0 Å². The van der Waals surface area contributed by atoms with E-state index in [0.29, 0.717) is 16.1 Å². The Morgan fingerprint density at radius 2 is 2.32 bits per heavy atom. The van der Waals surface area contributed by atoms with Gasteiger partial charge < -0.3 is 4.74 Å². The fourth-order valence-corrected chi connectivity index (χ4v) is 2.88. The predicted octanol–water partition coefficient (Wildman–Crippen LogP) is 3.82. The van der Waals surface area contributed by atoms with Crippen molar-refractivity contribution in [1.29, 1.82) is 0 Å². The van der Waals surface area contributed by atoms with Crippen LogP contribution in [0.15, 0.2) is 28.1 Å². The van der Waals surface area contributed by atoms with Gasteiger partial charge in [0.05, 0.1) is 18.7 Å². The summed E-state index contributed by atoms with van der Waals surface area (Å²) in [6, 6.07) is 4.42. The third-order valence-electron chi connectivity index (χ3n) is 2.36. The zero-order valence-electron chi connectivity index (χ0n) is 10.2. The SMILES string of the molecule is CCOC(=O)Cc1nc(-c2ccc(F)cc2Br)cs1. The summed E-state index contributed by atoms with van der Waals surface area (Å²) in [4.78, 5) is 15.7. The van der Waals surface area contributed by atoms with E-state index in [0.717, 1.165) is 11.3 Å². The van der Waals surface area contributed by atoms with E-state index in [-0.39, 0.29) is 18.2 Å². The van der Waals surface area contributed by atoms with E-state index in [4.69, 9.17) is 4.74 Å². The molecule has 2 rings (SSSR count). The molecule has 0 aliphatic carbocycles. The van der Waals surface area contributed by atoms with Crippen LogP contribution in [-0.4, -0.2) is 17.6 Å². The second-order valence-electron chi connectivity index (χ2n) is 3.73. The van der Waals surface area contributed by atoms with Gasteiger partial charge in [-0.2, -0.15) is 0 Å². The average Bonchev–Trinajstić information content (AvgIpc) is 2.77. The molecule has 0 N–H and O–H groups in total. The van der Waals surface area contributed by atoms with Crippen LogP contribution in [0.4, 0.5) is 4.39 Å². The molecule has 0 atom stereocenters. The van der Waals surface area contributed by atoms with Gasteiger partial charge in [-0.15, -0.1) is 11.3 Å². The molecule has 0 saturated heterocycles. The normalized spacial score (nSPS) is 10.5. The number of nitrogens with zero attached hydrogens (tertiary/aromatic N) is 1. The monoisotopic (exact) mass is 343 g/mol. The van der Waals surface area contributed by atoms with Crippen molar-refractivity contribution in [3.8, 4) is 11.3 Å². The number of hydrogen-bond acceptors (Lipinski definition) is 4. The first-order valence-electron chi connectivity index (χ1n) is 5.65. The van der Waals surface area contributed by atoms with Gasteiger partial charge in [0.1, 0.15) is 10.8 Å². The van der Waals surface area contributed by atoms with Crippen LogP contribution in [0.2, 0.25) is 0 Å². The van der Waals surface area contributed by atoms with Gasteiger partial charge in [0, 0.05) is 15.4 Å². The molecule has 0 spiro atoms. The Hall–Kier alpha value is -1.27. The van der Waals surface area contributed by atoms with Gasteiger partial charge in [0.25, 0.3) is 0 Å². The molecule has 0 unspecified atom stereocenters. The molecule has 0 amide bonds. The molecule has 2 aromatic rings. The van der Waals surface area contributed by atoms with Gasteiger partial charge in [-0.05, 0) is 41.1 Å². The first-order valence-corrected chi connectivity index (χ1v) is 7.33. The van der Waals surface area contributed by atoms with Crippen molar-refractivity contribution in [2.24, 2.45) is 0 Å². The topological polar surface area (TPSA) is 39.2 Å². The number of halogens is 2. The van der Waals surface area contributed by atoms with Crippen molar-refractivity contribution in [3.05, 3.63) is 38.9 Å². The molecule has 6 heteroatoms. The van der Waals surface area contributed by atoms with Crippen LogP contribution in [0.5, 0.6) is 0 Å². The van der Waals surface area contributed by atoms with Crippen LogP contribution < -0.4 is 0 Å². The highest BCUT2D eigenvalue weighted by atomic mass is 79.9. The zero-order valence-corrected chi connectivity index (χ0v) is 12.6. The maximum atomic E-state index is 13.0. The Morgan fingerprint density at radius 1 is 1.53 bits per heavy atom. The standard InChI is InChI=1S/C13H11BrFNO2S/c1-2-18-13(17)6-12-16-11(7-19-12)9-4-3-8(15)5-10(9)14/h3-5,7H,2,6H2,1H3. The Labute approximate surface area is 122 Å². The number of ether oxygens (including phenoxy) is 1. The average molecular weight is 344 g/mol. The second kappa shape index (κ2) is 6.25. The fraction of sp³-hybridized carbons (Fsp3) is 0.231. The summed E-state index contributed by atoms with van der Waals surface area (Å²) >= 11 is 4.69. The fourth-order valence-electron chi connectivity index (χ4n) is 1.55. The first-order chi connectivity index (χ1) is 9.10. The highest BCUT2D eigenvalue weighted by Gasteiger charge is 2.11. The Balaban J connectivity index is 2.18. The summed E-state index contributed by atoms with van der Waals surface area (Å²) in [6.07, 6.45) is 0.164. The third kappa shape index (κ3) is 3.61. The van der Waals surface area contributed by atoms with Crippen molar-refractivity contribution in [2.75, 3.05) is 6.61 Å². The molecule has 0 fully saturated rings. The molecule has 3 nitrogen and oxygen atoms in total. The molecule has 0 saturated carbocycles. The minimum atomic E-state index is -0.308. The summed E-state index contributed by atoms with van der Waals surface area (Å²) < 4.78 is 18.5. The minimum absolute atomic E-state index is 0.164. The Morgan fingerprint density at radius 3 is 3.00 bits per heavy atom. The molecule has 0 bridgehead atoms. The zero-order chi connectivity index (χ0) is 13.8. The predicted molar refractivity (Wildman–Crippen MR) is 75.5 cm³/mol. The number of rotatable bonds is 4. The van der Waals surface area contributed by atoms with Gasteiger partial charge in [-0.1, -0.05) is 0 Å². The number of esters is 1. The molecule has 1 aromatic carbocycles. The number of carbonyl (C=O) groups excluding carboxylic acids is 1. The van der Waals surface area contributed by atoms with E-state index in [1.54, 1.807) is 13.0 Å². The summed E-state index contributed by atoms with van der Waals surface area (Å²) in [5.41, 5.74) is 1.52. The highest BCUT2D eigenvalue weighted by Crippen LogP contribution is 2.29. The van der Waals surface area contributed by atoms with E-state index in [9.17, 15) is 9.18 Å². The van der Waals surface area contributed by atoms with E-state index >= 15 is 0 Å². The van der Waals surface area contributed by atoms with E-state index in [2.05, 4.69) is 20.9 Å². The summed E-state index contributed by atoms with van der Waals surface area (Å²) in [6.45, 7) is 2.13. The van der Waals surface area contributed by atoms with E-state index in [1.165, 1.54) is 23.5 Å². The second-order valence-corrected chi connectivity index (χ2v) is 5.53. The molecule has 100 valence electrons. The molecule has 1 heterocycles. The Kier molecular flexibility index (Phi) is 4.66. The van der Waals surface area contributed by atoms with E-state index < -0.39 is 0 Å². The Bertz CT molecular complexity index is 600. The smallest absolute Gasteiger partial charge is 0.312 e. The summed E-state index contributed by atoms with van der Waals surface area (Å²) in [5, 5.41) is 2.52. The van der Waals surface area contributed by atoms with Crippen LogP contribution in [-0.2, 0) is 16.0 Å². The lowest BCUT2D eigenvalue weighted by molar-refractivity contribution is -0.142. The van der Waals surface area contributed by atoms with Crippen molar-refractivity contribution in [2.45, 2.75) is 13.3 Å². The molecule has 0 radical (unpaired) electrons. The third-order valence-corrected chi connectivity index (χ3v) is 3.86. The molecule has 19 heavy (non-hydrogen) atoms. The van der Waals surface area contributed by atoms with Crippen molar-refractivity contribution >= 4 is 33.2 Å². The highest BCUT2D eigenvalue weighted by molar-refractivity contribution is 9.10. The van der Waals surface area contributed by atoms with Crippen molar-refractivity contribution < 1.29 is 13.9 Å². The number of hydrogen-bond donors (Lipinski definition) is 0. The van der Waals surface area contributed by atoms with Crippen LogP contribution in [0, 0.1) is 5.82 Å². The van der Waals surface area contributed by atoms with Crippen LogP contribution >= 0.6 is 27.3 Å². The summed E-state index contributed by atoms with van der Waals surface area (Å²) in [7, 11) is 0. The number of carbonyl (C=O) groups is 1. The number of aromatic nitrogens is 1. The van der Waals surface area contributed by atoms with Crippen LogP contribution in [0.25, 0.3) is 11.3 Å².